The summed E-state index contributed by atoms with van der Waals surface area (Å²) in [5.74, 6) is -0.611. The van der Waals surface area contributed by atoms with Crippen molar-refractivity contribution in [1.29, 1.82) is 0 Å². The first kappa shape index (κ1) is 15.3. The molecule has 6 nitrogen and oxygen atoms in total. The summed E-state index contributed by atoms with van der Waals surface area (Å²) in [6.07, 6.45) is 3.50. The van der Waals surface area contributed by atoms with Crippen LogP contribution in [-0.2, 0) is 9.59 Å². The Bertz CT molecular complexity index is 559. The highest BCUT2D eigenvalue weighted by Gasteiger charge is 2.33. The number of rotatable bonds is 2. The van der Waals surface area contributed by atoms with Gasteiger partial charge in [0.15, 0.2) is 0 Å². The second kappa shape index (κ2) is 6.11. The maximum atomic E-state index is 12.0. The van der Waals surface area contributed by atoms with Crippen LogP contribution in [-0.4, -0.2) is 35.4 Å². The highest BCUT2D eigenvalue weighted by atomic mass is 16.5. The minimum atomic E-state index is -0.910. The fourth-order valence-corrected chi connectivity index (χ4v) is 2.85. The van der Waals surface area contributed by atoms with Crippen LogP contribution in [0.2, 0.25) is 0 Å². The quantitative estimate of drug-likeness (QED) is 0.829. The van der Waals surface area contributed by atoms with Crippen molar-refractivity contribution in [2.24, 2.45) is 11.7 Å². The molecule has 1 aromatic rings. The zero-order valence-corrected chi connectivity index (χ0v) is 12.6. The van der Waals surface area contributed by atoms with Crippen LogP contribution in [0.25, 0.3) is 0 Å². The fraction of sp³-hybridized carbons (Fsp3) is 0.533. The maximum absolute atomic E-state index is 12.0. The number of piperidine rings is 1. The number of primary amides is 1. The van der Waals surface area contributed by atoms with Crippen molar-refractivity contribution in [3.05, 3.63) is 23.4 Å². The molecule has 0 bridgehead atoms. The number of methoxy groups -OCH3 is 1. The molecule has 1 saturated heterocycles. The molecule has 0 aromatic carbocycles. The summed E-state index contributed by atoms with van der Waals surface area (Å²) >= 11 is 0. The van der Waals surface area contributed by atoms with Crippen LogP contribution < -0.4 is 10.5 Å². The van der Waals surface area contributed by atoms with Gasteiger partial charge in [-0.3, -0.25) is 9.59 Å². The van der Waals surface area contributed by atoms with E-state index in [1.807, 2.05) is 13.0 Å². The predicted octanol–water partition coefficient (Wildman–Crippen LogP) is 1.18. The lowest BCUT2D eigenvalue weighted by Gasteiger charge is -2.38. The largest absolute Gasteiger partial charge is 0.481 e. The Kier molecular flexibility index (Phi) is 4.45. The van der Waals surface area contributed by atoms with E-state index < -0.39 is 11.8 Å². The van der Waals surface area contributed by atoms with Gasteiger partial charge in [-0.2, -0.15) is 0 Å². The molecule has 2 N–H and O–H groups in total. The van der Waals surface area contributed by atoms with Crippen LogP contribution in [0.4, 0.5) is 0 Å². The maximum Gasteiger partial charge on any atom is 0.312 e. The minimum Gasteiger partial charge on any atom is -0.481 e. The summed E-state index contributed by atoms with van der Waals surface area (Å²) in [6.45, 7) is 4.51. The molecule has 2 rings (SSSR count). The highest BCUT2D eigenvalue weighted by Crippen LogP contribution is 2.34. The molecule has 114 valence electrons. The second-order valence-corrected chi connectivity index (χ2v) is 5.61. The Labute approximate surface area is 124 Å². The molecule has 0 aliphatic carbocycles. The van der Waals surface area contributed by atoms with Crippen molar-refractivity contribution < 1.29 is 14.3 Å². The van der Waals surface area contributed by atoms with E-state index in [-0.39, 0.29) is 6.04 Å². The van der Waals surface area contributed by atoms with Gasteiger partial charge in [0.1, 0.15) is 0 Å². The zero-order chi connectivity index (χ0) is 15.6. The fourth-order valence-electron chi connectivity index (χ4n) is 2.85. The molecule has 2 unspecified atom stereocenters. The van der Waals surface area contributed by atoms with Gasteiger partial charge in [0.05, 0.1) is 13.2 Å². The van der Waals surface area contributed by atoms with Crippen molar-refractivity contribution in [2.45, 2.75) is 32.7 Å². The second-order valence-electron chi connectivity index (χ2n) is 5.61. The number of carbonyl (C=O) groups is 2. The molecular formula is C15H21N3O3. The Balaban J connectivity index is 2.32. The van der Waals surface area contributed by atoms with Gasteiger partial charge < -0.3 is 15.4 Å². The minimum absolute atomic E-state index is 0.154. The first-order valence-corrected chi connectivity index (χ1v) is 7.05. The van der Waals surface area contributed by atoms with Crippen molar-refractivity contribution in [3.63, 3.8) is 0 Å². The summed E-state index contributed by atoms with van der Waals surface area (Å²) in [5, 5.41) is 0. The zero-order valence-electron chi connectivity index (χ0n) is 12.6. The molecule has 0 saturated carbocycles. The van der Waals surface area contributed by atoms with E-state index in [1.165, 1.54) is 0 Å². The monoisotopic (exact) mass is 291 g/mol. The molecule has 0 radical (unpaired) electrons. The highest BCUT2D eigenvalue weighted by molar-refractivity contribution is 6.34. The normalized spacial score (nSPS) is 22.0. The summed E-state index contributed by atoms with van der Waals surface area (Å²) in [5.41, 5.74) is 6.98. The number of aryl methyl sites for hydroxylation is 1. The average Bonchev–Trinajstić information content (AvgIpc) is 2.46. The van der Waals surface area contributed by atoms with E-state index >= 15 is 0 Å². The lowest BCUT2D eigenvalue weighted by molar-refractivity contribution is -0.147. The van der Waals surface area contributed by atoms with Gasteiger partial charge in [0.2, 0.25) is 5.88 Å². The average molecular weight is 291 g/mol. The first-order chi connectivity index (χ1) is 9.93. The van der Waals surface area contributed by atoms with Gasteiger partial charge in [0, 0.05) is 18.3 Å². The molecule has 2 heterocycles. The molecule has 1 fully saturated rings. The smallest absolute Gasteiger partial charge is 0.312 e. The van der Waals surface area contributed by atoms with Crippen LogP contribution >= 0.6 is 0 Å². The number of hydrogen-bond acceptors (Lipinski definition) is 4. The number of amides is 2. The Morgan fingerprint density at radius 3 is 2.71 bits per heavy atom. The van der Waals surface area contributed by atoms with Gasteiger partial charge in [-0.25, -0.2) is 4.98 Å². The summed E-state index contributed by atoms with van der Waals surface area (Å²) in [7, 11) is 1.57. The molecule has 21 heavy (non-hydrogen) atoms. The van der Waals surface area contributed by atoms with Crippen molar-refractivity contribution in [1.82, 2.24) is 9.88 Å². The lowest BCUT2D eigenvalue weighted by atomic mass is 9.90. The number of carbonyl (C=O) groups excluding carboxylic acids is 2. The number of aromatic nitrogens is 1. The molecular weight excluding hydrogens is 270 g/mol. The summed E-state index contributed by atoms with van der Waals surface area (Å²) in [4.78, 5) is 29.1. The van der Waals surface area contributed by atoms with Gasteiger partial charge in [-0.15, -0.1) is 0 Å². The molecule has 1 aliphatic heterocycles. The third kappa shape index (κ3) is 3.15. The van der Waals surface area contributed by atoms with E-state index in [9.17, 15) is 9.59 Å². The number of ether oxygens (including phenoxy) is 1. The van der Waals surface area contributed by atoms with E-state index in [0.29, 0.717) is 18.3 Å². The van der Waals surface area contributed by atoms with Crippen LogP contribution in [0, 0.1) is 12.8 Å². The lowest BCUT2D eigenvalue weighted by Crippen LogP contribution is -2.46. The Morgan fingerprint density at radius 1 is 1.43 bits per heavy atom. The topological polar surface area (TPSA) is 85.5 Å². The van der Waals surface area contributed by atoms with Crippen molar-refractivity contribution in [3.8, 4) is 5.88 Å². The van der Waals surface area contributed by atoms with E-state index in [4.69, 9.17) is 10.5 Å². The van der Waals surface area contributed by atoms with Crippen molar-refractivity contribution in [2.75, 3.05) is 13.7 Å². The van der Waals surface area contributed by atoms with Crippen molar-refractivity contribution >= 4 is 11.8 Å². The third-order valence-corrected chi connectivity index (χ3v) is 3.92. The standard InChI is InChI=1S/C15H21N3O3/c1-9-4-5-12(18(8-9)15(20)13(16)19)11-6-10(2)14(21-3)17-7-11/h6-7,9,12H,4-5,8H2,1-3H3,(H2,16,19). The number of likely N-dealkylation sites (tertiary alicyclic amines) is 1. The van der Waals surface area contributed by atoms with Crippen LogP contribution in [0.1, 0.15) is 36.9 Å². The number of pyridine rings is 1. The summed E-state index contributed by atoms with van der Waals surface area (Å²) in [6, 6.07) is 1.80. The SMILES string of the molecule is COc1ncc(C2CCC(C)CN2C(=O)C(N)=O)cc1C. The van der Waals surface area contributed by atoms with Gasteiger partial charge >= 0.3 is 11.8 Å². The predicted molar refractivity (Wildman–Crippen MR) is 77.6 cm³/mol. The first-order valence-electron chi connectivity index (χ1n) is 7.05. The van der Waals surface area contributed by atoms with Crippen LogP contribution in [0.3, 0.4) is 0 Å². The molecule has 1 aliphatic rings. The van der Waals surface area contributed by atoms with Gasteiger partial charge in [0.25, 0.3) is 0 Å². The third-order valence-electron chi connectivity index (χ3n) is 3.92. The number of nitrogens with zero attached hydrogens (tertiary/aromatic N) is 2. The van der Waals surface area contributed by atoms with E-state index in [2.05, 4.69) is 11.9 Å². The number of nitrogens with two attached hydrogens (primary N) is 1. The van der Waals surface area contributed by atoms with Gasteiger partial charge in [-0.1, -0.05) is 6.92 Å². The molecule has 6 heteroatoms. The molecule has 0 spiro atoms. The molecule has 2 atom stereocenters. The Hall–Kier alpha value is -2.11. The van der Waals surface area contributed by atoms with E-state index in [0.717, 1.165) is 24.0 Å². The Morgan fingerprint density at radius 2 is 2.14 bits per heavy atom. The summed E-state index contributed by atoms with van der Waals surface area (Å²) < 4.78 is 5.15. The molecule has 1 aromatic heterocycles. The number of hydrogen-bond donors (Lipinski definition) is 1. The van der Waals surface area contributed by atoms with Gasteiger partial charge in [-0.05, 0) is 37.3 Å². The molecule has 2 amide bonds. The van der Waals surface area contributed by atoms with E-state index in [1.54, 1.807) is 18.2 Å². The van der Waals surface area contributed by atoms with Crippen LogP contribution in [0.5, 0.6) is 5.88 Å². The van der Waals surface area contributed by atoms with Crippen LogP contribution in [0.15, 0.2) is 12.3 Å².